The molecule has 122 valence electrons. The lowest BCUT2D eigenvalue weighted by atomic mass is 9.94. The van der Waals surface area contributed by atoms with E-state index in [-0.39, 0.29) is 5.41 Å². The molecule has 0 spiro atoms. The van der Waals surface area contributed by atoms with Gasteiger partial charge in [0, 0.05) is 25.6 Å². The smallest absolute Gasteiger partial charge is 0.356 e. The predicted octanol–water partition coefficient (Wildman–Crippen LogP) is 3.31. The molecule has 3 nitrogen and oxygen atoms in total. The van der Waals surface area contributed by atoms with Crippen LogP contribution >= 0.6 is 0 Å². The summed E-state index contributed by atoms with van der Waals surface area (Å²) in [6.45, 7) is 3.47. The van der Waals surface area contributed by atoms with Crippen LogP contribution in [0.3, 0.4) is 0 Å². The second-order valence-corrected chi connectivity index (χ2v) is 5.71. The van der Waals surface area contributed by atoms with Gasteiger partial charge in [-0.25, -0.2) is 0 Å². The molecule has 1 aliphatic rings. The lowest BCUT2D eigenvalue weighted by Crippen LogP contribution is -2.41. The van der Waals surface area contributed by atoms with Crippen LogP contribution in [-0.2, 0) is 11.6 Å². The fraction of sp³-hybridized carbons (Fsp3) is 0.562. The van der Waals surface area contributed by atoms with Gasteiger partial charge in [0.05, 0.1) is 5.56 Å². The first-order valence-electron chi connectivity index (χ1n) is 7.53. The lowest BCUT2D eigenvalue weighted by Gasteiger charge is -2.20. The molecule has 1 aliphatic carbocycles. The van der Waals surface area contributed by atoms with E-state index < -0.39 is 11.7 Å². The molecule has 2 rings (SSSR count). The summed E-state index contributed by atoms with van der Waals surface area (Å²) in [7, 11) is 1.69. The summed E-state index contributed by atoms with van der Waals surface area (Å²) in [6, 6.07) is 5.67. The lowest BCUT2D eigenvalue weighted by molar-refractivity contribution is -0.137. The van der Waals surface area contributed by atoms with E-state index in [1.807, 2.05) is 0 Å². The second-order valence-electron chi connectivity index (χ2n) is 5.71. The maximum absolute atomic E-state index is 12.8. The van der Waals surface area contributed by atoms with Gasteiger partial charge in [-0.3, -0.25) is 4.99 Å². The van der Waals surface area contributed by atoms with Crippen LogP contribution in [0.1, 0.15) is 37.3 Å². The molecule has 1 fully saturated rings. The summed E-state index contributed by atoms with van der Waals surface area (Å²) in [5.41, 5.74) is -0.0315. The van der Waals surface area contributed by atoms with Gasteiger partial charge in [-0.1, -0.05) is 25.1 Å². The largest absolute Gasteiger partial charge is 0.416 e. The third-order valence-corrected chi connectivity index (χ3v) is 4.02. The molecule has 0 bridgehead atoms. The second kappa shape index (κ2) is 6.58. The molecule has 0 atom stereocenters. The van der Waals surface area contributed by atoms with Gasteiger partial charge in [0.25, 0.3) is 0 Å². The fourth-order valence-corrected chi connectivity index (χ4v) is 2.46. The number of nitrogens with one attached hydrogen (secondary N) is 2. The molecule has 0 radical (unpaired) electrons. The van der Waals surface area contributed by atoms with Crippen LogP contribution in [0.25, 0.3) is 0 Å². The number of benzene rings is 1. The number of nitrogens with zero attached hydrogens (tertiary/aromatic N) is 1. The number of hydrogen-bond donors (Lipinski definition) is 2. The van der Waals surface area contributed by atoms with E-state index in [9.17, 15) is 13.2 Å². The monoisotopic (exact) mass is 313 g/mol. The minimum Gasteiger partial charge on any atom is -0.356 e. The maximum atomic E-state index is 12.8. The zero-order valence-corrected chi connectivity index (χ0v) is 12.9. The number of halogens is 3. The van der Waals surface area contributed by atoms with Gasteiger partial charge in [0.2, 0.25) is 0 Å². The number of rotatable bonds is 5. The number of alkyl halides is 3. The van der Waals surface area contributed by atoms with Crippen molar-refractivity contribution in [3.05, 3.63) is 35.4 Å². The zero-order chi connectivity index (χ0) is 16.2. The molecule has 1 aromatic rings. The highest BCUT2D eigenvalue weighted by Gasteiger charge is 2.45. The Hall–Kier alpha value is -1.72. The molecular weight excluding hydrogens is 291 g/mol. The van der Waals surface area contributed by atoms with Crippen LogP contribution in [0.4, 0.5) is 13.2 Å². The summed E-state index contributed by atoms with van der Waals surface area (Å²) in [4.78, 5) is 4.12. The number of guanidine groups is 1. The van der Waals surface area contributed by atoms with E-state index in [2.05, 4.69) is 22.5 Å². The number of hydrogen-bond acceptors (Lipinski definition) is 1. The van der Waals surface area contributed by atoms with Crippen LogP contribution in [0, 0.1) is 0 Å². The van der Waals surface area contributed by atoms with E-state index in [4.69, 9.17) is 0 Å². The van der Waals surface area contributed by atoms with Gasteiger partial charge in [0.15, 0.2) is 5.96 Å². The summed E-state index contributed by atoms with van der Waals surface area (Å²) < 4.78 is 38.5. The third-order valence-electron chi connectivity index (χ3n) is 4.02. The van der Waals surface area contributed by atoms with Crippen LogP contribution in [-0.4, -0.2) is 26.1 Å². The van der Waals surface area contributed by atoms with Crippen molar-refractivity contribution >= 4 is 5.96 Å². The van der Waals surface area contributed by atoms with Crippen molar-refractivity contribution in [2.45, 2.75) is 37.8 Å². The molecule has 0 aliphatic heterocycles. The maximum Gasteiger partial charge on any atom is 0.416 e. The Morgan fingerprint density at radius 1 is 1.27 bits per heavy atom. The van der Waals surface area contributed by atoms with Crippen molar-refractivity contribution in [3.63, 3.8) is 0 Å². The topological polar surface area (TPSA) is 36.4 Å². The number of aliphatic imine (C=N–C) groups is 1. The van der Waals surface area contributed by atoms with Crippen molar-refractivity contribution in [1.29, 1.82) is 0 Å². The Morgan fingerprint density at radius 3 is 2.55 bits per heavy atom. The van der Waals surface area contributed by atoms with E-state index in [1.54, 1.807) is 13.1 Å². The molecule has 0 unspecified atom stereocenters. The highest BCUT2D eigenvalue weighted by atomic mass is 19.4. The summed E-state index contributed by atoms with van der Waals surface area (Å²) in [5, 5.41) is 6.39. The molecule has 0 aromatic heterocycles. The Kier molecular flexibility index (Phi) is 4.98. The van der Waals surface area contributed by atoms with Gasteiger partial charge in [0.1, 0.15) is 0 Å². The zero-order valence-electron chi connectivity index (χ0n) is 12.9. The fourth-order valence-electron chi connectivity index (χ4n) is 2.46. The first-order chi connectivity index (χ1) is 10.4. The molecule has 0 heterocycles. The van der Waals surface area contributed by atoms with Crippen LogP contribution in [0.15, 0.2) is 29.3 Å². The van der Waals surface area contributed by atoms with Crippen molar-refractivity contribution in [3.8, 4) is 0 Å². The summed E-state index contributed by atoms with van der Waals surface area (Å²) >= 11 is 0. The van der Waals surface area contributed by atoms with E-state index >= 15 is 0 Å². The van der Waals surface area contributed by atoms with Gasteiger partial charge in [-0.05, 0) is 30.9 Å². The standard InChI is InChI=1S/C16H22F3N3/c1-3-9-21-14(20-2)22-11-15(7-8-15)12-5-4-6-13(10-12)16(17,18)19/h4-6,10H,3,7-9,11H2,1-2H3,(H2,20,21,22). The van der Waals surface area contributed by atoms with E-state index in [1.165, 1.54) is 12.1 Å². The Labute approximate surface area is 129 Å². The molecule has 1 aromatic carbocycles. The first-order valence-corrected chi connectivity index (χ1v) is 7.53. The minimum absolute atomic E-state index is 0.203. The van der Waals surface area contributed by atoms with Gasteiger partial charge < -0.3 is 10.6 Å². The Balaban J connectivity index is 2.05. The Morgan fingerprint density at radius 2 is 2.00 bits per heavy atom. The highest BCUT2D eigenvalue weighted by molar-refractivity contribution is 5.79. The Bertz CT molecular complexity index is 534. The molecular formula is C16H22F3N3. The average molecular weight is 313 g/mol. The van der Waals surface area contributed by atoms with Crippen LogP contribution < -0.4 is 10.6 Å². The normalized spacial score (nSPS) is 17.2. The summed E-state index contributed by atoms with van der Waals surface area (Å²) in [6.07, 6.45) is -1.52. The quantitative estimate of drug-likeness (QED) is 0.646. The molecule has 0 amide bonds. The SMILES string of the molecule is CCCNC(=NC)NCC1(c2cccc(C(F)(F)F)c2)CC1. The predicted molar refractivity (Wildman–Crippen MR) is 82.0 cm³/mol. The third kappa shape index (κ3) is 3.93. The average Bonchev–Trinajstić information content (AvgIpc) is 3.28. The van der Waals surface area contributed by atoms with Gasteiger partial charge >= 0.3 is 6.18 Å². The van der Waals surface area contributed by atoms with Crippen molar-refractivity contribution in [2.24, 2.45) is 4.99 Å². The molecule has 6 heteroatoms. The van der Waals surface area contributed by atoms with E-state index in [0.717, 1.165) is 37.4 Å². The molecule has 0 saturated heterocycles. The molecule has 2 N–H and O–H groups in total. The van der Waals surface area contributed by atoms with Gasteiger partial charge in [-0.15, -0.1) is 0 Å². The first kappa shape index (κ1) is 16.6. The molecule has 1 saturated carbocycles. The van der Waals surface area contributed by atoms with Crippen LogP contribution in [0.2, 0.25) is 0 Å². The minimum atomic E-state index is -4.29. The van der Waals surface area contributed by atoms with Crippen molar-refractivity contribution in [1.82, 2.24) is 10.6 Å². The van der Waals surface area contributed by atoms with Gasteiger partial charge in [-0.2, -0.15) is 13.2 Å². The van der Waals surface area contributed by atoms with E-state index in [0.29, 0.717) is 12.5 Å². The van der Waals surface area contributed by atoms with Crippen molar-refractivity contribution < 1.29 is 13.2 Å². The summed E-state index contributed by atoms with van der Waals surface area (Å²) in [5.74, 6) is 0.695. The molecule has 22 heavy (non-hydrogen) atoms. The van der Waals surface area contributed by atoms with Crippen LogP contribution in [0.5, 0.6) is 0 Å². The highest BCUT2D eigenvalue weighted by Crippen LogP contribution is 2.48. The van der Waals surface area contributed by atoms with Crippen molar-refractivity contribution in [2.75, 3.05) is 20.1 Å².